The second-order valence-electron chi connectivity index (χ2n) is 4.99. The molecule has 0 spiro atoms. The minimum Gasteiger partial charge on any atom is -0.353 e. The van der Waals surface area contributed by atoms with Gasteiger partial charge in [0.25, 0.3) is 0 Å². The van der Waals surface area contributed by atoms with Gasteiger partial charge in [-0.1, -0.05) is 6.07 Å². The predicted octanol–water partition coefficient (Wildman–Crippen LogP) is 3.33. The maximum absolute atomic E-state index is 11.9. The molecule has 1 N–H and O–H groups in total. The fraction of sp³-hybridized carbons (Fsp3) is 0.429. The molecule has 100 valence electrons. The first-order chi connectivity index (χ1) is 9.22. The molecule has 0 bridgehead atoms. The summed E-state index contributed by atoms with van der Waals surface area (Å²) in [7, 11) is 0. The van der Waals surface area contributed by atoms with Gasteiger partial charge in [-0.3, -0.25) is 4.79 Å². The minimum atomic E-state index is 0.0856. The number of hydrogen-bond acceptors (Lipinski definition) is 4. The van der Waals surface area contributed by atoms with E-state index in [9.17, 15) is 4.79 Å². The molecule has 3 nitrogen and oxygen atoms in total. The zero-order chi connectivity index (χ0) is 13.2. The van der Waals surface area contributed by atoms with E-state index in [1.165, 1.54) is 17.7 Å². The van der Waals surface area contributed by atoms with E-state index in [0.29, 0.717) is 18.4 Å². The number of thiophene rings is 1. The lowest BCUT2D eigenvalue weighted by Crippen LogP contribution is -2.35. The monoisotopic (exact) mass is 292 g/mol. The van der Waals surface area contributed by atoms with Crippen molar-refractivity contribution in [3.05, 3.63) is 28.6 Å². The van der Waals surface area contributed by atoms with E-state index in [1.54, 1.807) is 22.7 Å². The summed E-state index contributed by atoms with van der Waals surface area (Å²) in [5.41, 5.74) is 0.869. The molecule has 1 fully saturated rings. The van der Waals surface area contributed by atoms with Crippen molar-refractivity contribution in [2.45, 2.75) is 32.2 Å². The molecule has 19 heavy (non-hydrogen) atoms. The number of amides is 1. The number of aromatic nitrogens is 1. The van der Waals surface area contributed by atoms with Crippen molar-refractivity contribution < 1.29 is 4.79 Å². The third-order valence-corrected chi connectivity index (χ3v) is 5.27. The SMILES string of the molecule is C[C@@H](NC(=O)Cc1csc(-c2cccs2)n1)C1CC1. The second kappa shape index (κ2) is 5.43. The van der Waals surface area contributed by atoms with Crippen LogP contribution in [0.15, 0.2) is 22.9 Å². The maximum atomic E-state index is 11.9. The van der Waals surface area contributed by atoms with Gasteiger partial charge in [0.05, 0.1) is 17.0 Å². The molecule has 1 saturated carbocycles. The van der Waals surface area contributed by atoms with Crippen LogP contribution in [0, 0.1) is 5.92 Å². The highest BCUT2D eigenvalue weighted by Gasteiger charge is 2.28. The van der Waals surface area contributed by atoms with Gasteiger partial charge in [-0.2, -0.15) is 0 Å². The maximum Gasteiger partial charge on any atom is 0.226 e. The van der Waals surface area contributed by atoms with Crippen molar-refractivity contribution in [2.24, 2.45) is 5.92 Å². The normalized spacial score (nSPS) is 16.3. The number of nitrogens with zero attached hydrogens (tertiary/aromatic N) is 1. The molecule has 2 aromatic heterocycles. The quantitative estimate of drug-likeness (QED) is 0.918. The molecular weight excluding hydrogens is 276 g/mol. The Morgan fingerprint density at radius 1 is 1.53 bits per heavy atom. The predicted molar refractivity (Wildman–Crippen MR) is 79.5 cm³/mol. The van der Waals surface area contributed by atoms with Gasteiger partial charge in [-0.15, -0.1) is 22.7 Å². The highest BCUT2D eigenvalue weighted by molar-refractivity contribution is 7.20. The first kappa shape index (κ1) is 12.8. The summed E-state index contributed by atoms with van der Waals surface area (Å²) in [5, 5.41) is 8.09. The standard InChI is InChI=1S/C14H16N2OS2/c1-9(10-4-5-10)15-13(17)7-11-8-19-14(16-11)12-3-2-6-18-12/h2-3,6,8-10H,4-5,7H2,1H3,(H,15,17)/t9-/m1/s1. The smallest absolute Gasteiger partial charge is 0.226 e. The van der Waals surface area contributed by atoms with Gasteiger partial charge in [0.2, 0.25) is 5.91 Å². The fourth-order valence-corrected chi connectivity index (χ4v) is 3.72. The number of nitrogens with one attached hydrogen (secondary N) is 1. The van der Waals surface area contributed by atoms with Crippen LogP contribution in [-0.4, -0.2) is 16.9 Å². The summed E-state index contributed by atoms with van der Waals surface area (Å²) in [6.07, 6.45) is 2.89. The van der Waals surface area contributed by atoms with E-state index in [2.05, 4.69) is 23.3 Å². The van der Waals surface area contributed by atoms with Crippen molar-refractivity contribution in [3.63, 3.8) is 0 Å². The third-order valence-electron chi connectivity index (χ3n) is 3.34. The van der Waals surface area contributed by atoms with Crippen molar-refractivity contribution in [1.82, 2.24) is 10.3 Å². The molecule has 5 heteroatoms. The van der Waals surface area contributed by atoms with Gasteiger partial charge in [0.1, 0.15) is 5.01 Å². The third kappa shape index (κ3) is 3.22. The lowest BCUT2D eigenvalue weighted by atomic mass is 10.2. The Morgan fingerprint density at radius 2 is 2.37 bits per heavy atom. The van der Waals surface area contributed by atoms with Crippen LogP contribution in [0.5, 0.6) is 0 Å². The Labute approximate surface area is 120 Å². The number of rotatable bonds is 5. The number of thiazole rings is 1. The van der Waals surface area contributed by atoms with Gasteiger partial charge in [0.15, 0.2) is 0 Å². The van der Waals surface area contributed by atoms with Crippen LogP contribution in [0.2, 0.25) is 0 Å². The summed E-state index contributed by atoms with van der Waals surface area (Å²) in [6.45, 7) is 2.09. The van der Waals surface area contributed by atoms with Gasteiger partial charge in [-0.25, -0.2) is 4.98 Å². The van der Waals surface area contributed by atoms with Gasteiger partial charge in [-0.05, 0) is 37.1 Å². The molecular formula is C14H16N2OS2. The highest BCUT2D eigenvalue weighted by atomic mass is 32.1. The van der Waals surface area contributed by atoms with Crippen LogP contribution >= 0.6 is 22.7 Å². The summed E-state index contributed by atoms with van der Waals surface area (Å²) in [5.74, 6) is 0.781. The summed E-state index contributed by atoms with van der Waals surface area (Å²) in [6, 6.07) is 4.39. The average Bonchev–Trinajstić information content (AvgIpc) is 2.89. The van der Waals surface area contributed by atoms with Crippen molar-refractivity contribution >= 4 is 28.6 Å². The molecule has 3 rings (SSSR count). The first-order valence-electron chi connectivity index (χ1n) is 6.50. The van der Waals surface area contributed by atoms with Crippen LogP contribution in [0.25, 0.3) is 9.88 Å². The molecule has 0 radical (unpaired) electrons. The Kier molecular flexibility index (Phi) is 3.66. The Hall–Kier alpha value is -1.20. The summed E-state index contributed by atoms with van der Waals surface area (Å²) in [4.78, 5) is 17.6. The van der Waals surface area contributed by atoms with Crippen LogP contribution in [0.1, 0.15) is 25.5 Å². The van der Waals surface area contributed by atoms with Crippen LogP contribution in [0.3, 0.4) is 0 Å². The summed E-state index contributed by atoms with van der Waals surface area (Å²) < 4.78 is 0. The van der Waals surface area contributed by atoms with Crippen LogP contribution in [0.4, 0.5) is 0 Å². The largest absolute Gasteiger partial charge is 0.353 e. The van der Waals surface area contributed by atoms with Crippen molar-refractivity contribution in [3.8, 4) is 9.88 Å². The zero-order valence-corrected chi connectivity index (χ0v) is 12.4. The lowest BCUT2D eigenvalue weighted by Gasteiger charge is -2.11. The topological polar surface area (TPSA) is 42.0 Å². The second-order valence-corrected chi connectivity index (χ2v) is 6.80. The lowest BCUT2D eigenvalue weighted by molar-refractivity contribution is -0.121. The van der Waals surface area contributed by atoms with Gasteiger partial charge in [0, 0.05) is 11.4 Å². The molecule has 1 aliphatic rings. The molecule has 0 unspecified atom stereocenters. The van der Waals surface area contributed by atoms with E-state index in [4.69, 9.17) is 0 Å². The van der Waals surface area contributed by atoms with E-state index in [1.807, 2.05) is 16.8 Å². The number of carbonyl (C=O) groups is 1. The van der Waals surface area contributed by atoms with Gasteiger partial charge < -0.3 is 5.32 Å². The fourth-order valence-electron chi connectivity index (χ4n) is 2.09. The van der Waals surface area contributed by atoms with Crippen molar-refractivity contribution in [1.29, 1.82) is 0 Å². The van der Waals surface area contributed by atoms with Crippen LogP contribution < -0.4 is 5.32 Å². The molecule has 0 saturated heterocycles. The van der Waals surface area contributed by atoms with Crippen LogP contribution in [-0.2, 0) is 11.2 Å². The minimum absolute atomic E-state index is 0.0856. The Morgan fingerprint density at radius 3 is 3.05 bits per heavy atom. The molecule has 2 heterocycles. The Balaban J connectivity index is 1.59. The number of hydrogen-bond donors (Lipinski definition) is 1. The van der Waals surface area contributed by atoms with E-state index in [-0.39, 0.29) is 5.91 Å². The first-order valence-corrected chi connectivity index (χ1v) is 8.26. The molecule has 0 aliphatic heterocycles. The molecule has 1 aliphatic carbocycles. The molecule has 0 aromatic carbocycles. The zero-order valence-electron chi connectivity index (χ0n) is 10.8. The highest BCUT2D eigenvalue weighted by Crippen LogP contribution is 2.32. The molecule has 1 atom stereocenters. The van der Waals surface area contributed by atoms with Crippen molar-refractivity contribution in [2.75, 3.05) is 0 Å². The van der Waals surface area contributed by atoms with E-state index in [0.717, 1.165) is 10.7 Å². The van der Waals surface area contributed by atoms with E-state index < -0.39 is 0 Å². The Bertz CT molecular complexity index is 558. The molecule has 2 aromatic rings. The molecule has 1 amide bonds. The summed E-state index contributed by atoms with van der Waals surface area (Å²) >= 11 is 3.28. The average molecular weight is 292 g/mol. The van der Waals surface area contributed by atoms with Gasteiger partial charge >= 0.3 is 0 Å². The van der Waals surface area contributed by atoms with E-state index >= 15 is 0 Å². The number of carbonyl (C=O) groups excluding carboxylic acids is 1.